The third kappa shape index (κ3) is 3.79. The maximum atomic E-state index is 10.3. The van der Waals surface area contributed by atoms with Gasteiger partial charge in [-0.25, -0.2) is 0 Å². The fourth-order valence-electron chi connectivity index (χ4n) is 2.82. The van der Waals surface area contributed by atoms with Gasteiger partial charge in [0.15, 0.2) is 0 Å². The van der Waals surface area contributed by atoms with E-state index in [-0.39, 0.29) is 6.10 Å². The Morgan fingerprint density at radius 3 is 3.10 bits per heavy atom. The summed E-state index contributed by atoms with van der Waals surface area (Å²) in [5.41, 5.74) is 2.21. The second kappa shape index (κ2) is 6.82. The molecule has 1 unspecified atom stereocenters. The molecule has 112 valence electrons. The quantitative estimate of drug-likeness (QED) is 0.861. The second-order valence-electron chi connectivity index (χ2n) is 5.48. The third-order valence-electron chi connectivity index (χ3n) is 3.82. The summed E-state index contributed by atoms with van der Waals surface area (Å²) in [6, 6.07) is 8.11. The molecule has 1 aliphatic rings. The van der Waals surface area contributed by atoms with E-state index < -0.39 is 0 Å². The highest BCUT2D eigenvalue weighted by Crippen LogP contribution is 2.33. The fourth-order valence-corrected chi connectivity index (χ4v) is 3.83. The Hall–Kier alpha value is -1.03. The van der Waals surface area contributed by atoms with Crippen molar-refractivity contribution in [2.24, 2.45) is 0 Å². The van der Waals surface area contributed by atoms with Gasteiger partial charge in [0.2, 0.25) is 0 Å². The number of rotatable bonds is 6. The summed E-state index contributed by atoms with van der Waals surface area (Å²) in [6.07, 6.45) is 4.05. The number of halogens is 1. The summed E-state index contributed by atoms with van der Waals surface area (Å²) in [5.74, 6) is 0.941. The lowest BCUT2D eigenvalue weighted by molar-refractivity contribution is 0.161. The Morgan fingerprint density at radius 2 is 2.29 bits per heavy atom. The first-order chi connectivity index (χ1) is 10.2. The van der Waals surface area contributed by atoms with E-state index >= 15 is 0 Å². The molecule has 0 saturated carbocycles. The molecule has 2 nitrogen and oxygen atoms in total. The van der Waals surface area contributed by atoms with Crippen LogP contribution in [0.1, 0.15) is 28.8 Å². The van der Waals surface area contributed by atoms with E-state index in [0.717, 1.165) is 48.6 Å². The first kappa shape index (κ1) is 14.9. The molecule has 1 aliphatic heterocycles. The maximum Gasteiger partial charge on any atom is 0.126 e. The van der Waals surface area contributed by atoms with E-state index in [1.165, 1.54) is 10.4 Å². The van der Waals surface area contributed by atoms with Crippen LogP contribution in [0, 0.1) is 0 Å². The van der Waals surface area contributed by atoms with Crippen molar-refractivity contribution in [3.05, 3.63) is 50.7 Å². The Bertz CT molecular complexity index is 595. The molecular formula is C17H19ClO2S. The van der Waals surface area contributed by atoms with Crippen molar-refractivity contribution in [3.63, 3.8) is 0 Å². The van der Waals surface area contributed by atoms with Gasteiger partial charge in [0.05, 0.1) is 12.7 Å². The Kier molecular flexibility index (Phi) is 4.84. The molecule has 1 aromatic carbocycles. The van der Waals surface area contributed by atoms with Gasteiger partial charge in [-0.1, -0.05) is 17.7 Å². The van der Waals surface area contributed by atoms with E-state index in [9.17, 15) is 5.11 Å². The Labute approximate surface area is 134 Å². The summed E-state index contributed by atoms with van der Waals surface area (Å²) >= 11 is 7.93. The van der Waals surface area contributed by atoms with Gasteiger partial charge in [-0.15, -0.1) is 11.3 Å². The lowest BCUT2D eigenvalue weighted by atomic mass is 10.00. The minimum Gasteiger partial charge on any atom is -0.493 e. The molecule has 0 saturated heterocycles. The van der Waals surface area contributed by atoms with Crippen molar-refractivity contribution in [2.75, 3.05) is 6.61 Å². The van der Waals surface area contributed by atoms with Gasteiger partial charge < -0.3 is 9.84 Å². The normalized spacial score (nSPS) is 14.8. The van der Waals surface area contributed by atoms with Crippen LogP contribution in [-0.2, 0) is 19.3 Å². The highest BCUT2D eigenvalue weighted by atomic mass is 35.5. The van der Waals surface area contributed by atoms with Gasteiger partial charge in [-0.3, -0.25) is 0 Å². The summed E-state index contributed by atoms with van der Waals surface area (Å²) in [6.45, 7) is 0.719. The first-order valence-electron chi connectivity index (χ1n) is 7.37. The molecular weight excluding hydrogens is 304 g/mol. The van der Waals surface area contributed by atoms with Gasteiger partial charge in [0.1, 0.15) is 5.75 Å². The largest absolute Gasteiger partial charge is 0.493 e. The van der Waals surface area contributed by atoms with E-state index in [1.807, 2.05) is 12.1 Å². The van der Waals surface area contributed by atoms with Crippen molar-refractivity contribution in [1.29, 1.82) is 0 Å². The molecule has 0 fully saturated rings. The number of fused-ring (bicyclic) bond motifs is 1. The zero-order valence-corrected chi connectivity index (χ0v) is 13.4. The molecule has 3 rings (SSSR count). The minimum atomic E-state index is -0.336. The predicted octanol–water partition coefficient (Wildman–Crippen LogP) is 4.26. The van der Waals surface area contributed by atoms with Crippen molar-refractivity contribution >= 4 is 22.9 Å². The molecule has 1 N–H and O–H groups in total. The van der Waals surface area contributed by atoms with E-state index in [1.54, 1.807) is 11.3 Å². The van der Waals surface area contributed by atoms with Crippen molar-refractivity contribution in [2.45, 2.75) is 38.2 Å². The van der Waals surface area contributed by atoms with Crippen molar-refractivity contribution < 1.29 is 9.84 Å². The average Bonchev–Trinajstić information content (AvgIpc) is 3.09. The topological polar surface area (TPSA) is 29.5 Å². The standard InChI is InChI=1S/C17H19ClO2S/c18-14-9-12-6-7-20-17(12)13(10-14)11-15(19)3-1-4-16-5-2-8-21-16/h2,5,8-10,15,19H,1,3-4,6-7,11H2. The molecule has 21 heavy (non-hydrogen) atoms. The summed E-state index contributed by atoms with van der Waals surface area (Å²) in [7, 11) is 0. The van der Waals surface area contributed by atoms with Crippen molar-refractivity contribution in [3.8, 4) is 5.75 Å². The lowest BCUT2D eigenvalue weighted by Gasteiger charge is -2.13. The van der Waals surface area contributed by atoms with Gasteiger partial charge in [0, 0.05) is 22.7 Å². The van der Waals surface area contributed by atoms with Crippen LogP contribution in [0.15, 0.2) is 29.6 Å². The van der Waals surface area contributed by atoms with Crippen LogP contribution >= 0.6 is 22.9 Å². The number of hydrogen-bond donors (Lipinski definition) is 1. The molecule has 1 aromatic heterocycles. The molecule has 0 spiro atoms. The highest BCUT2D eigenvalue weighted by molar-refractivity contribution is 7.09. The predicted molar refractivity (Wildman–Crippen MR) is 87.6 cm³/mol. The summed E-state index contributed by atoms with van der Waals surface area (Å²) < 4.78 is 5.68. The van der Waals surface area contributed by atoms with Crippen LogP contribution in [0.5, 0.6) is 5.75 Å². The van der Waals surface area contributed by atoms with Gasteiger partial charge in [0.25, 0.3) is 0 Å². The zero-order valence-electron chi connectivity index (χ0n) is 11.8. The number of ether oxygens (including phenoxy) is 1. The monoisotopic (exact) mass is 322 g/mol. The molecule has 2 aromatic rings. The fraction of sp³-hybridized carbons (Fsp3) is 0.412. The number of aliphatic hydroxyl groups is 1. The second-order valence-corrected chi connectivity index (χ2v) is 6.95. The molecule has 0 bridgehead atoms. The molecule has 0 amide bonds. The lowest BCUT2D eigenvalue weighted by Crippen LogP contribution is -2.11. The number of aryl methyl sites for hydroxylation is 1. The van der Waals surface area contributed by atoms with Crippen LogP contribution in [0.2, 0.25) is 5.02 Å². The molecule has 0 radical (unpaired) electrons. The van der Waals surface area contributed by atoms with Crippen LogP contribution < -0.4 is 4.74 Å². The Balaban J connectivity index is 1.56. The first-order valence-corrected chi connectivity index (χ1v) is 8.62. The highest BCUT2D eigenvalue weighted by Gasteiger charge is 2.19. The zero-order chi connectivity index (χ0) is 14.7. The van der Waals surface area contributed by atoms with Crippen LogP contribution in [-0.4, -0.2) is 17.8 Å². The average molecular weight is 323 g/mol. The van der Waals surface area contributed by atoms with E-state index in [2.05, 4.69) is 17.5 Å². The van der Waals surface area contributed by atoms with E-state index in [0.29, 0.717) is 6.42 Å². The minimum absolute atomic E-state index is 0.336. The van der Waals surface area contributed by atoms with Crippen LogP contribution in [0.4, 0.5) is 0 Å². The molecule has 0 aliphatic carbocycles. The molecule has 1 atom stereocenters. The number of aliphatic hydroxyl groups excluding tert-OH is 1. The smallest absolute Gasteiger partial charge is 0.126 e. The van der Waals surface area contributed by atoms with Gasteiger partial charge in [-0.05, 0) is 54.0 Å². The third-order valence-corrected chi connectivity index (χ3v) is 4.98. The van der Waals surface area contributed by atoms with Gasteiger partial charge in [-0.2, -0.15) is 0 Å². The number of thiophene rings is 1. The number of benzene rings is 1. The maximum absolute atomic E-state index is 10.3. The summed E-state index contributed by atoms with van der Waals surface area (Å²) in [4.78, 5) is 1.38. The molecule has 2 heterocycles. The number of hydrogen-bond acceptors (Lipinski definition) is 3. The van der Waals surface area contributed by atoms with E-state index in [4.69, 9.17) is 16.3 Å². The van der Waals surface area contributed by atoms with Crippen LogP contribution in [0.25, 0.3) is 0 Å². The Morgan fingerprint density at radius 1 is 1.38 bits per heavy atom. The van der Waals surface area contributed by atoms with Crippen molar-refractivity contribution in [1.82, 2.24) is 0 Å². The molecule has 4 heteroatoms. The SMILES string of the molecule is OC(CCCc1cccs1)Cc1cc(Cl)cc2c1OCC2. The van der Waals surface area contributed by atoms with Crippen LogP contribution in [0.3, 0.4) is 0 Å². The van der Waals surface area contributed by atoms with Gasteiger partial charge >= 0.3 is 0 Å². The summed E-state index contributed by atoms with van der Waals surface area (Å²) in [5, 5.41) is 13.1.